The van der Waals surface area contributed by atoms with Crippen molar-refractivity contribution < 1.29 is 80.2 Å². The Morgan fingerprint density at radius 3 is 0.826 bits per heavy atom. The predicted octanol–water partition coefficient (Wildman–Crippen LogP) is 18.5. The molecule has 17 nitrogen and oxygen atoms in total. The molecule has 0 saturated heterocycles. The number of unbranched alkanes of at least 4 members (excludes halogenated alkanes) is 29. The lowest BCUT2D eigenvalue weighted by Crippen LogP contribution is -2.30. The molecule has 0 heterocycles. The molecule has 19 heteroatoms. The smallest absolute Gasteiger partial charge is 0.462 e. The molecule has 0 fully saturated rings. The number of esters is 4. The predicted molar refractivity (Wildman–Crippen MR) is 344 cm³/mol. The summed E-state index contributed by atoms with van der Waals surface area (Å²) in [6.07, 6.45) is 37.7. The molecule has 6 atom stereocenters. The fourth-order valence-corrected chi connectivity index (χ4v) is 11.5. The van der Waals surface area contributed by atoms with Gasteiger partial charge >= 0.3 is 39.5 Å². The molecule has 3 unspecified atom stereocenters. The highest BCUT2D eigenvalue weighted by Gasteiger charge is 2.30. The van der Waals surface area contributed by atoms with E-state index in [4.69, 9.17) is 37.0 Å². The number of aliphatic hydroxyl groups is 1. The van der Waals surface area contributed by atoms with Crippen LogP contribution < -0.4 is 0 Å². The Kier molecular flexibility index (Phi) is 55.7. The van der Waals surface area contributed by atoms with Gasteiger partial charge in [-0.25, -0.2) is 9.13 Å². The van der Waals surface area contributed by atoms with E-state index in [0.29, 0.717) is 31.6 Å². The highest BCUT2D eigenvalue weighted by molar-refractivity contribution is 7.47. The first kappa shape index (κ1) is 84.1. The minimum Gasteiger partial charge on any atom is -0.462 e. The summed E-state index contributed by atoms with van der Waals surface area (Å²) in [5, 5.41) is 10.6. The van der Waals surface area contributed by atoms with E-state index in [1.165, 1.54) is 116 Å². The Balaban J connectivity index is 5.25. The molecule has 0 aromatic heterocycles. The van der Waals surface area contributed by atoms with Crippen molar-refractivity contribution in [2.45, 2.75) is 343 Å². The Hall–Kier alpha value is -1.94. The number of phosphoric acid groups is 2. The van der Waals surface area contributed by atoms with E-state index in [1.807, 2.05) is 0 Å². The number of hydrogen-bond acceptors (Lipinski definition) is 15. The second kappa shape index (κ2) is 57.0. The second-order valence-corrected chi connectivity index (χ2v) is 28.8. The van der Waals surface area contributed by atoms with Gasteiger partial charge in [-0.15, -0.1) is 0 Å². The molecule has 0 aliphatic carbocycles. The highest BCUT2D eigenvalue weighted by Crippen LogP contribution is 2.45. The number of ether oxygens (including phenoxy) is 4. The zero-order valence-electron chi connectivity index (χ0n) is 55.9. The van der Waals surface area contributed by atoms with Gasteiger partial charge in [-0.2, -0.15) is 0 Å². The Morgan fingerprint density at radius 2 is 0.558 bits per heavy atom. The Labute approximate surface area is 524 Å². The first-order chi connectivity index (χ1) is 41.1. The van der Waals surface area contributed by atoms with Gasteiger partial charge in [-0.05, 0) is 49.4 Å². The van der Waals surface area contributed by atoms with Crippen LogP contribution in [0.25, 0.3) is 0 Å². The molecule has 0 amide bonds. The van der Waals surface area contributed by atoms with Gasteiger partial charge in [0.25, 0.3) is 0 Å². The van der Waals surface area contributed by atoms with Crippen LogP contribution in [0.4, 0.5) is 0 Å². The molecule has 86 heavy (non-hydrogen) atoms. The summed E-state index contributed by atoms with van der Waals surface area (Å²) in [4.78, 5) is 72.4. The molecule has 0 aromatic carbocycles. The Morgan fingerprint density at radius 1 is 0.326 bits per heavy atom. The first-order valence-corrected chi connectivity index (χ1v) is 37.7. The third-order valence-electron chi connectivity index (χ3n) is 15.7. The summed E-state index contributed by atoms with van der Waals surface area (Å²) in [5.41, 5.74) is 0. The third-order valence-corrected chi connectivity index (χ3v) is 17.6. The molecule has 0 radical (unpaired) electrons. The lowest BCUT2D eigenvalue weighted by atomic mass is 10.00. The first-order valence-electron chi connectivity index (χ1n) is 34.7. The van der Waals surface area contributed by atoms with Crippen molar-refractivity contribution in [1.82, 2.24) is 0 Å². The van der Waals surface area contributed by atoms with Crippen LogP contribution in [-0.2, 0) is 65.4 Å². The van der Waals surface area contributed by atoms with Gasteiger partial charge in [0.15, 0.2) is 12.2 Å². The third kappa shape index (κ3) is 59.7. The average molecular weight is 1270 g/mol. The largest absolute Gasteiger partial charge is 0.472 e. The van der Waals surface area contributed by atoms with Gasteiger partial charge in [0.2, 0.25) is 0 Å². The summed E-state index contributed by atoms with van der Waals surface area (Å²) < 4.78 is 68.1. The molecule has 0 aromatic rings. The molecule has 0 saturated carbocycles. The van der Waals surface area contributed by atoms with Crippen LogP contribution in [0.3, 0.4) is 0 Å². The van der Waals surface area contributed by atoms with Crippen molar-refractivity contribution in [2.75, 3.05) is 39.6 Å². The van der Waals surface area contributed by atoms with Crippen LogP contribution in [0, 0.1) is 23.7 Å². The van der Waals surface area contributed by atoms with E-state index in [-0.39, 0.29) is 25.7 Å². The standard InChI is InChI=1S/C67H130O17P2/c1-9-60(8)46-38-30-25-26-32-40-48-65(70)78-54-63(83-66(71)49-41-33-22-15-13-11-10-12-14-19-27-35-43-57(2)3)56-82-86(75,76)80-52-61(68)51-79-85(73,74)81-55-62(53-77-64(69)47-39-31-24-18-21-29-37-45-59(6)7)84-67(72)50-42-34-23-17-16-20-28-36-44-58(4)5/h57-63,68H,9-56H2,1-8H3,(H,73,74)(H,75,76)/t60?,61-,62-,63-/m1/s1. The van der Waals surface area contributed by atoms with E-state index in [0.717, 1.165) is 120 Å². The van der Waals surface area contributed by atoms with Gasteiger partial charge in [0, 0.05) is 25.7 Å². The molecule has 0 rings (SSSR count). The summed E-state index contributed by atoms with van der Waals surface area (Å²) in [5.74, 6) is 0.794. The minimum absolute atomic E-state index is 0.103. The number of carbonyl (C=O) groups excluding carboxylic acids is 4. The normalized spacial score (nSPS) is 14.7. The average Bonchev–Trinajstić information content (AvgIpc) is 3.62. The molecule has 0 aliphatic rings. The fraction of sp³-hybridized carbons (Fsp3) is 0.940. The topological polar surface area (TPSA) is 237 Å². The van der Waals surface area contributed by atoms with Crippen molar-refractivity contribution in [2.24, 2.45) is 23.7 Å². The van der Waals surface area contributed by atoms with E-state index in [9.17, 15) is 43.2 Å². The van der Waals surface area contributed by atoms with Gasteiger partial charge in [-0.1, -0.05) is 274 Å². The van der Waals surface area contributed by atoms with Crippen LogP contribution in [0.2, 0.25) is 0 Å². The quantitative estimate of drug-likeness (QED) is 0.0222. The van der Waals surface area contributed by atoms with Crippen LogP contribution in [-0.4, -0.2) is 96.7 Å². The molecule has 0 aliphatic heterocycles. The summed E-state index contributed by atoms with van der Waals surface area (Å²) in [7, 11) is -9.90. The molecule has 0 bridgehead atoms. The van der Waals surface area contributed by atoms with Gasteiger partial charge in [-0.3, -0.25) is 37.3 Å². The summed E-state index contributed by atoms with van der Waals surface area (Å²) in [6.45, 7) is 14.0. The number of aliphatic hydroxyl groups excluding tert-OH is 1. The van der Waals surface area contributed by atoms with Crippen molar-refractivity contribution in [1.29, 1.82) is 0 Å². The number of hydrogen-bond donors (Lipinski definition) is 3. The molecule has 0 spiro atoms. The van der Waals surface area contributed by atoms with Crippen LogP contribution in [0.1, 0.15) is 325 Å². The second-order valence-electron chi connectivity index (χ2n) is 25.9. The van der Waals surface area contributed by atoms with Gasteiger partial charge < -0.3 is 33.8 Å². The lowest BCUT2D eigenvalue weighted by Gasteiger charge is -2.21. The van der Waals surface area contributed by atoms with E-state index < -0.39 is 97.5 Å². The molecular formula is C67H130O17P2. The van der Waals surface area contributed by atoms with E-state index >= 15 is 0 Å². The molecular weight excluding hydrogens is 1140 g/mol. The SMILES string of the molecule is CCC(C)CCCCCCCCC(=O)OC[C@H](COP(=O)(O)OC[C@H](O)COP(=O)(O)OC[C@@H](COC(=O)CCCCCCCCCC(C)C)OC(=O)CCCCCCCCCCC(C)C)OC(=O)CCCCCCCCCCCCCCC(C)C. The zero-order valence-corrected chi connectivity index (χ0v) is 57.7. The molecule has 3 N–H and O–H groups in total. The number of phosphoric ester groups is 2. The highest BCUT2D eigenvalue weighted by atomic mass is 31.2. The molecule has 510 valence electrons. The Bertz CT molecular complexity index is 1720. The van der Waals surface area contributed by atoms with Crippen LogP contribution in [0.15, 0.2) is 0 Å². The maximum Gasteiger partial charge on any atom is 0.472 e. The zero-order chi connectivity index (χ0) is 63.9. The summed E-state index contributed by atoms with van der Waals surface area (Å²) >= 11 is 0. The minimum atomic E-state index is -4.95. The van der Waals surface area contributed by atoms with E-state index in [2.05, 4.69) is 55.4 Å². The van der Waals surface area contributed by atoms with E-state index in [1.54, 1.807) is 0 Å². The summed E-state index contributed by atoms with van der Waals surface area (Å²) in [6, 6.07) is 0. The lowest BCUT2D eigenvalue weighted by molar-refractivity contribution is -0.161. The van der Waals surface area contributed by atoms with Crippen molar-refractivity contribution in [3.05, 3.63) is 0 Å². The van der Waals surface area contributed by atoms with Crippen LogP contribution in [0.5, 0.6) is 0 Å². The van der Waals surface area contributed by atoms with Crippen LogP contribution >= 0.6 is 15.6 Å². The maximum absolute atomic E-state index is 13.0. The van der Waals surface area contributed by atoms with Gasteiger partial charge in [0.1, 0.15) is 19.3 Å². The van der Waals surface area contributed by atoms with Crippen molar-refractivity contribution >= 4 is 39.5 Å². The fourth-order valence-electron chi connectivity index (χ4n) is 9.93. The van der Waals surface area contributed by atoms with Crippen molar-refractivity contribution in [3.8, 4) is 0 Å². The number of carbonyl (C=O) groups is 4. The monoisotopic (exact) mass is 1270 g/mol. The van der Waals surface area contributed by atoms with Gasteiger partial charge in [0.05, 0.1) is 26.4 Å². The van der Waals surface area contributed by atoms with Crippen molar-refractivity contribution in [3.63, 3.8) is 0 Å². The number of rotatable bonds is 64. The maximum atomic E-state index is 13.0.